The van der Waals surface area contributed by atoms with Crippen LogP contribution in [0.1, 0.15) is 40.7 Å². The van der Waals surface area contributed by atoms with E-state index < -0.39 is 0 Å². The van der Waals surface area contributed by atoms with Crippen LogP contribution in [-0.4, -0.2) is 6.21 Å². The van der Waals surface area contributed by atoms with Crippen molar-refractivity contribution < 1.29 is 56.2 Å². The van der Waals surface area contributed by atoms with E-state index >= 15 is 0 Å². The number of hydroxylamine groups is 1. The van der Waals surface area contributed by atoms with Gasteiger partial charge in [0.25, 0.3) is 0 Å². The molecule has 0 saturated heterocycles. The van der Waals surface area contributed by atoms with Crippen LogP contribution in [0.2, 0.25) is 0 Å². The summed E-state index contributed by atoms with van der Waals surface area (Å²) in [6, 6.07) is 18.9. The molecule has 0 bridgehead atoms. The third-order valence-corrected chi connectivity index (χ3v) is 2.69. The monoisotopic (exact) mass is 378 g/mol. The summed E-state index contributed by atoms with van der Waals surface area (Å²) in [4.78, 5) is 5.36. The van der Waals surface area contributed by atoms with Crippen LogP contribution >= 0.6 is 0 Å². The van der Waals surface area contributed by atoms with Crippen molar-refractivity contribution >= 4 is 11.8 Å². The molecule has 26 heavy (non-hydrogen) atoms. The van der Waals surface area contributed by atoms with Crippen molar-refractivity contribution in [3.05, 3.63) is 90.1 Å². The maximum absolute atomic E-state index is 7.57. The van der Waals surface area contributed by atoms with Crippen LogP contribution in [0.5, 0.6) is 5.75 Å². The summed E-state index contributed by atoms with van der Waals surface area (Å²) in [6.45, 7) is 11.7. The van der Waals surface area contributed by atoms with Crippen LogP contribution in [0.15, 0.2) is 79.0 Å². The normalized spacial score (nSPS) is 9.08. The zero-order chi connectivity index (χ0) is 18.2. The average Bonchev–Trinajstić information content (AvgIpc) is 2.69. The van der Waals surface area contributed by atoms with Crippen LogP contribution < -0.4 is 56.2 Å². The van der Waals surface area contributed by atoms with Crippen LogP contribution in [-0.2, 0) is 0 Å². The van der Waals surface area contributed by atoms with Crippen molar-refractivity contribution in [2.75, 3.05) is 0 Å². The van der Waals surface area contributed by atoms with Gasteiger partial charge in [-0.15, -0.1) is 12.3 Å². The second-order valence-electron chi connectivity index (χ2n) is 4.01. The molecular weight excluding hydrogens is 347 g/mol. The fourth-order valence-corrected chi connectivity index (χ4v) is 1.70. The quantitative estimate of drug-likeness (QED) is 0.346. The van der Waals surface area contributed by atoms with Crippen LogP contribution in [0, 0.1) is 5.41 Å². The Bertz CT molecular complexity index is 611. The molecule has 1 N–H and O–H groups in total. The summed E-state index contributed by atoms with van der Waals surface area (Å²) in [6.07, 6.45) is 2.83. The molecule has 0 unspecified atom stereocenters. The van der Waals surface area contributed by atoms with Gasteiger partial charge in [-0.05, 0) is 23.3 Å². The first-order valence-corrected chi connectivity index (χ1v) is 8.21. The number of para-hydroxylation sites is 1. The first kappa shape index (κ1) is 29.6. The van der Waals surface area contributed by atoms with E-state index in [4.69, 9.17) is 10.2 Å². The van der Waals surface area contributed by atoms with Crippen molar-refractivity contribution in [1.82, 2.24) is 0 Å². The minimum Gasteiger partial charge on any atom is -0.557 e. The topological polar surface area (TPSA) is 47.2 Å². The van der Waals surface area contributed by atoms with E-state index in [1.54, 1.807) is 6.08 Å². The number of allylic oxidation sites excluding steroid dienone is 2. The van der Waals surface area contributed by atoms with Gasteiger partial charge < -0.3 is 15.7 Å². The van der Waals surface area contributed by atoms with Gasteiger partial charge in [0.2, 0.25) is 0 Å². The molecule has 0 amide bonds. The number of nitrogens with zero attached hydrogens (tertiary/aromatic N) is 1. The summed E-state index contributed by atoms with van der Waals surface area (Å²) in [5, 5.41) is 7.57. The third-order valence-electron chi connectivity index (χ3n) is 2.69. The third kappa shape index (κ3) is 10.7. The van der Waals surface area contributed by atoms with Gasteiger partial charge in [0.05, 0.1) is 0 Å². The standard InChI is InChI=1S/C17H15N2O.2C2H6.CH4.K/c1-2-17(19-20-15-11-7-4-8-12-15)16(13-18)14-9-5-3-6-10-14;2*1-2;;/h2-13,18H,1H2;2*1-2H3;1H4;/q-1;;;;+1/b17-16-,18-13?;;;;. The minimum atomic E-state index is 0. The number of rotatable bonds is 6. The van der Waals surface area contributed by atoms with Gasteiger partial charge in [0.15, 0.2) is 0 Å². The van der Waals surface area contributed by atoms with Gasteiger partial charge in [0, 0.05) is 6.21 Å². The first-order valence-electron chi connectivity index (χ1n) is 8.21. The molecule has 2 aromatic rings. The number of hydrogen-bond donors (Lipinski definition) is 1. The van der Waals surface area contributed by atoms with Crippen LogP contribution in [0.4, 0.5) is 0 Å². The molecule has 4 heteroatoms. The smallest absolute Gasteiger partial charge is 0.557 e. The number of benzene rings is 2. The Morgan fingerprint density at radius 3 is 1.81 bits per heavy atom. The predicted octanol–water partition coefficient (Wildman–Crippen LogP) is 4.29. The zero-order valence-corrected chi connectivity index (χ0v) is 19.1. The second kappa shape index (κ2) is 20.1. The van der Waals surface area contributed by atoms with E-state index in [1.165, 1.54) is 6.21 Å². The van der Waals surface area contributed by atoms with Crippen molar-refractivity contribution in [2.24, 2.45) is 0 Å². The van der Waals surface area contributed by atoms with E-state index in [1.807, 2.05) is 88.4 Å². The van der Waals surface area contributed by atoms with Gasteiger partial charge >= 0.3 is 51.4 Å². The first-order chi connectivity index (χ1) is 11.8. The van der Waals surface area contributed by atoms with Gasteiger partial charge in [0.1, 0.15) is 5.75 Å². The molecule has 0 aliphatic heterocycles. The Hall–Kier alpha value is -1.17. The zero-order valence-electron chi connectivity index (χ0n) is 16.0. The maximum atomic E-state index is 7.57. The van der Waals surface area contributed by atoms with Gasteiger partial charge in [-0.3, -0.25) is 0 Å². The van der Waals surface area contributed by atoms with E-state index in [0.717, 1.165) is 5.56 Å². The molecule has 0 radical (unpaired) electrons. The number of nitrogens with one attached hydrogen (secondary N) is 1. The second-order valence-corrected chi connectivity index (χ2v) is 4.01. The molecule has 3 nitrogen and oxygen atoms in total. The van der Waals surface area contributed by atoms with Crippen molar-refractivity contribution in [2.45, 2.75) is 35.1 Å². The molecule has 0 fully saturated rings. The van der Waals surface area contributed by atoms with Crippen LogP contribution in [0.3, 0.4) is 0 Å². The summed E-state index contributed by atoms with van der Waals surface area (Å²) >= 11 is 0. The maximum Gasteiger partial charge on any atom is 1.00 e. The molecule has 0 atom stereocenters. The summed E-state index contributed by atoms with van der Waals surface area (Å²) in [7, 11) is 0. The fraction of sp³-hybridized carbons (Fsp3) is 0.227. The Kier molecular flexibility index (Phi) is 22.9. The average molecular weight is 379 g/mol. The Morgan fingerprint density at radius 2 is 1.38 bits per heavy atom. The van der Waals surface area contributed by atoms with Crippen molar-refractivity contribution in [1.29, 1.82) is 5.41 Å². The molecule has 0 aromatic heterocycles. The van der Waals surface area contributed by atoms with E-state index in [-0.39, 0.29) is 58.8 Å². The molecule has 0 aliphatic rings. The van der Waals surface area contributed by atoms with E-state index in [0.29, 0.717) is 17.0 Å². The molecular formula is C22H31KN2O. The van der Waals surface area contributed by atoms with Crippen molar-refractivity contribution in [3.8, 4) is 5.75 Å². The van der Waals surface area contributed by atoms with Crippen LogP contribution in [0.25, 0.3) is 11.1 Å². The SMILES string of the molecule is C.C=C/C([N-]Oc1ccccc1)=C(\C=N)c1ccccc1.CC.CC.[K+]. The minimum absolute atomic E-state index is 0. The Labute approximate surface area is 202 Å². The Balaban J connectivity index is -0.000000824. The van der Waals surface area contributed by atoms with Gasteiger partial charge in [-0.2, -0.15) is 0 Å². The molecule has 2 aromatic carbocycles. The van der Waals surface area contributed by atoms with E-state index in [9.17, 15) is 0 Å². The fourth-order valence-electron chi connectivity index (χ4n) is 1.70. The summed E-state index contributed by atoms with van der Waals surface area (Å²) < 4.78 is 0. The van der Waals surface area contributed by atoms with Gasteiger partial charge in [-0.1, -0.05) is 89.7 Å². The van der Waals surface area contributed by atoms with Crippen molar-refractivity contribution in [3.63, 3.8) is 0 Å². The molecule has 0 heterocycles. The molecule has 0 aliphatic carbocycles. The molecule has 0 spiro atoms. The van der Waals surface area contributed by atoms with E-state index in [2.05, 4.69) is 12.1 Å². The summed E-state index contributed by atoms with van der Waals surface area (Å²) in [5.74, 6) is 0.643. The van der Waals surface area contributed by atoms with Gasteiger partial charge in [-0.25, -0.2) is 0 Å². The number of hydrogen-bond acceptors (Lipinski definition) is 2. The predicted molar refractivity (Wildman–Crippen MR) is 112 cm³/mol. The summed E-state index contributed by atoms with van der Waals surface area (Å²) in [5.41, 5.74) is 6.16. The molecule has 0 saturated carbocycles. The Morgan fingerprint density at radius 1 is 0.923 bits per heavy atom. The largest absolute Gasteiger partial charge is 1.00 e. The molecule has 136 valence electrons. The molecule has 2 rings (SSSR count).